The van der Waals surface area contributed by atoms with E-state index in [4.69, 9.17) is 10.2 Å². The molecule has 2 N–H and O–H groups in total. The normalized spacial score (nSPS) is 11.2. The molecule has 0 spiro atoms. The van der Waals surface area contributed by atoms with Crippen molar-refractivity contribution in [2.24, 2.45) is 0 Å². The monoisotopic (exact) mass is 248 g/mol. The summed E-state index contributed by atoms with van der Waals surface area (Å²) in [5.41, 5.74) is 7.70. The minimum atomic E-state index is -0.286. The Kier molecular flexibility index (Phi) is 4.07. The molecule has 0 saturated carbocycles. The van der Waals surface area contributed by atoms with Gasteiger partial charge in [0.15, 0.2) is 5.58 Å². The zero-order valence-corrected chi connectivity index (χ0v) is 10.8. The lowest BCUT2D eigenvalue weighted by Gasteiger charge is -2.02. The molecule has 1 aromatic heterocycles. The summed E-state index contributed by atoms with van der Waals surface area (Å²) in [7, 11) is 0. The van der Waals surface area contributed by atoms with E-state index in [1.165, 1.54) is 19.3 Å². The molecule has 0 aliphatic rings. The fraction of sp³-hybridized carbons (Fsp3) is 0.500. The average molecular weight is 248 g/mol. The van der Waals surface area contributed by atoms with Crippen LogP contribution in [0.5, 0.6) is 0 Å². The van der Waals surface area contributed by atoms with Gasteiger partial charge in [-0.1, -0.05) is 32.6 Å². The van der Waals surface area contributed by atoms with E-state index in [-0.39, 0.29) is 5.76 Å². The lowest BCUT2D eigenvalue weighted by Crippen LogP contribution is -2.14. The standard InChI is InChI=1S/C14H20N2O2/c1-2-3-4-5-6-9-16-12-8-7-11(15)10-13(12)18-14(16)17/h7-8,10H,2-6,9,15H2,1H3. The minimum absolute atomic E-state index is 0.286. The Hall–Kier alpha value is -1.71. The maximum atomic E-state index is 11.7. The largest absolute Gasteiger partial charge is 0.419 e. The van der Waals surface area contributed by atoms with Crippen LogP contribution in [0.3, 0.4) is 0 Å². The molecule has 18 heavy (non-hydrogen) atoms. The van der Waals surface area contributed by atoms with Gasteiger partial charge in [-0.05, 0) is 18.6 Å². The van der Waals surface area contributed by atoms with Gasteiger partial charge in [0, 0.05) is 18.3 Å². The molecule has 4 heteroatoms. The topological polar surface area (TPSA) is 61.2 Å². The van der Waals surface area contributed by atoms with Gasteiger partial charge < -0.3 is 10.2 Å². The predicted molar refractivity (Wildman–Crippen MR) is 73.6 cm³/mol. The number of anilines is 1. The van der Waals surface area contributed by atoms with Gasteiger partial charge in [0.05, 0.1) is 5.52 Å². The lowest BCUT2D eigenvalue weighted by molar-refractivity contribution is 0.487. The fourth-order valence-electron chi connectivity index (χ4n) is 2.17. The van der Waals surface area contributed by atoms with Crippen LogP contribution in [0.4, 0.5) is 5.69 Å². The van der Waals surface area contributed by atoms with Crippen molar-refractivity contribution in [3.8, 4) is 0 Å². The van der Waals surface area contributed by atoms with Crippen molar-refractivity contribution in [2.75, 3.05) is 5.73 Å². The molecular formula is C14H20N2O2. The van der Waals surface area contributed by atoms with Crippen LogP contribution in [-0.4, -0.2) is 4.57 Å². The first kappa shape index (κ1) is 12.7. The van der Waals surface area contributed by atoms with Gasteiger partial charge in [-0.2, -0.15) is 0 Å². The van der Waals surface area contributed by atoms with E-state index in [1.807, 2.05) is 6.07 Å². The second-order valence-corrected chi connectivity index (χ2v) is 4.66. The third-order valence-corrected chi connectivity index (χ3v) is 3.18. The van der Waals surface area contributed by atoms with Crippen molar-refractivity contribution in [2.45, 2.75) is 45.6 Å². The van der Waals surface area contributed by atoms with Crippen molar-refractivity contribution < 1.29 is 4.42 Å². The molecule has 0 bridgehead atoms. The van der Waals surface area contributed by atoms with Crippen molar-refractivity contribution in [3.63, 3.8) is 0 Å². The predicted octanol–water partition coefficient (Wildman–Crippen LogP) is 3.15. The van der Waals surface area contributed by atoms with Gasteiger partial charge in [0.25, 0.3) is 0 Å². The zero-order valence-electron chi connectivity index (χ0n) is 10.8. The molecule has 98 valence electrons. The average Bonchev–Trinajstić information content (AvgIpc) is 2.64. The molecule has 1 heterocycles. The smallest absolute Gasteiger partial charge is 0.408 e. The molecule has 0 unspecified atom stereocenters. The Bertz CT molecular complexity index is 569. The van der Waals surface area contributed by atoms with Crippen molar-refractivity contribution in [1.82, 2.24) is 4.57 Å². The number of aryl methyl sites for hydroxylation is 1. The maximum absolute atomic E-state index is 11.7. The van der Waals surface area contributed by atoms with E-state index in [0.29, 0.717) is 11.3 Å². The van der Waals surface area contributed by atoms with Gasteiger partial charge in [-0.25, -0.2) is 4.79 Å². The quantitative estimate of drug-likeness (QED) is 0.631. The van der Waals surface area contributed by atoms with E-state index < -0.39 is 0 Å². The molecule has 0 aliphatic heterocycles. The van der Waals surface area contributed by atoms with Crippen LogP contribution < -0.4 is 11.5 Å². The molecule has 2 aromatic rings. The maximum Gasteiger partial charge on any atom is 0.419 e. The number of hydrogen-bond acceptors (Lipinski definition) is 3. The summed E-state index contributed by atoms with van der Waals surface area (Å²) in [6.07, 6.45) is 5.89. The third-order valence-electron chi connectivity index (χ3n) is 3.18. The number of nitrogens with two attached hydrogens (primary N) is 1. The SMILES string of the molecule is CCCCCCCn1c(=O)oc2cc(N)ccc21. The summed E-state index contributed by atoms with van der Waals surface area (Å²) in [4.78, 5) is 11.7. The molecule has 0 radical (unpaired) electrons. The first-order chi connectivity index (χ1) is 8.72. The zero-order chi connectivity index (χ0) is 13.0. The molecule has 4 nitrogen and oxygen atoms in total. The van der Waals surface area contributed by atoms with Crippen LogP contribution in [-0.2, 0) is 6.54 Å². The molecule has 2 rings (SSSR count). The van der Waals surface area contributed by atoms with Gasteiger partial charge in [-0.3, -0.25) is 4.57 Å². The van der Waals surface area contributed by atoms with Crippen molar-refractivity contribution >= 4 is 16.8 Å². The summed E-state index contributed by atoms with van der Waals surface area (Å²) < 4.78 is 6.88. The number of unbranched alkanes of at least 4 members (excludes halogenated alkanes) is 4. The number of aromatic nitrogens is 1. The number of fused-ring (bicyclic) bond motifs is 1. The van der Waals surface area contributed by atoms with Gasteiger partial charge in [0.1, 0.15) is 0 Å². The molecule has 1 aromatic carbocycles. The molecular weight excluding hydrogens is 228 g/mol. The molecule has 0 aliphatic carbocycles. The van der Waals surface area contributed by atoms with Gasteiger partial charge >= 0.3 is 5.76 Å². The molecule has 0 saturated heterocycles. The Labute approximate surface area is 106 Å². The highest BCUT2D eigenvalue weighted by atomic mass is 16.4. The number of nitrogen functional groups attached to an aromatic ring is 1. The third kappa shape index (κ3) is 2.75. The Morgan fingerprint density at radius 3 is 2.78 bits per heavy atom. The fourth-order valence-corrected chi connectivity index (χ4v) is 2.17. The second-order valence-electron chi connectivity index (χ2n) is 4.66. The van der Waals surface area contributed by atoms with Crippen LogP contribution in [0, 0.1) is 0 Å². The number of oxazole rings is 1. The molecule has 0 amide bonds. The lowest BCUT2D eigenvalue weighted by atomic mass is 10.1. The first-order valence-corrected chi connectivity index (χ1v) is 6.61. The summed E-state index contributed by atoms with van der Waals surface area (Å²) >= 11 is 0. The van der Waals surface area contributed by atoms with Crippen LogP contribution in [0.15, 0.2) is 27.4 Å². The minimum Gasteiger partial charge on any atom is -0.408 e. The molecule has 0 atom stereocenters. The van der Waals surface area contributed by atoms with E-state index in [0.717, 1.165) is 24.9 Å². The Morgan fingerprint density at radius 2 is 2.00 bits per heavy atom. The number of rotatable bonds is 6. The van der Waals surface area contributed by atoms with E-state index >= 15 is 0 Å². The Balaban J connectivity index is 2.08. The summed E-state index contributed by atoms with van der Waals surface area (Å²) in [6, 6.07) is 5.34. The number of benzene rings is 1. The van der Waals surface area contributed by atoms with Gasteiger partial charge in [-0.15, -0.1) is 0 Å². The second kappa shape index (κ2) is 5.76. The number of nitrogens with zero attached hydrogens (tertiary/aromatic N) is 1. The van der Waals surface area contributed by atoms with Crippen LogP contribution in [0.1, 0.15) is 39.0 Å². The van der Waals surface area contributed by atoms with Crippen molar-refractivity contribution in [3.05, 3.63) is 28.7 Å². The molecule has 0 fully saturated rings. The Morgan fingerprint density at radius 1 is 1.22 bits per heavy atom. The number of hydrogen-bond donors (Lipinski definition) is 1. The van der Waals surface area contributed by atoms with Crippen LogP contribution in [0.25, 0.3) is 11.1 Å². The van der Waals surface area contributed by atoms with Crippen LogP contribution >= 0.6 is 0 Å². The van der Waals surface area contributed by atoms with E-state index in [2.05, 4.69) is 6.92 Å². The summed E-state index contributed by atoms with van der Waals surface area (Å²) in [5, 5.41) is 0. The van der Waals surface area contributed by atoms with E-state index in [1.54, 1.807) is 16.7 Å². The summed E-state index contributed by atoms with van der Waals surface area (Å²) in [5.74, 6) is -0.286. The van der Waals surface area contributed by atoms with Crippen molar-refractivity contribution in [1.29, 1.82) is 0 Å². The van der Waals surface area contributed by atoms with E-state index in [9.17, 15) is 4.79 Å². The first-order valence-electron chi connectivity index (χ1n) is 6.61. The highest BCUT2D eigenvalue weighted by molar-refractivity contribution is 5.76. The summed E-state index contributed by atoms with van der Waals surface area (Å²) in [6.45, 7) is 2.91. The highest BCUT2D eigenvalue weighted by Gasteiger charge is 2.08. The van der Waals surface area contributed by atoms with Crippen LogP contribution in [0.2, 0.25) is 0 Å². The highest BCUT2D eigenvalue weighted by Crippen LogP contribution is 2.17. The van der Waals surface area contributed by atoms with Gasteiger partial charge in [0.2, 0.25) is 0 Å².